The van der Waals surface area contributed by atoms with E-state index < -0.39 is 0 Å². The highest BCUT2D eigenvalue weighted by Crippen LogP contribution is 2.20. The molecule has 0 aliphatic carbocycles. The van der Waals surface area contributed by atoms with Crippen molar-refractivity contribution in [3.63, 3.8) is 0 Å². The van der Waals surface area contributed by atoms with Crippen molar-refractivity contribution in [1.29, 1.82) is 0 Å². The Morgan fingerprint density at radius 3 is 3.05 bits per heavy atom. The molecule has 2 unspecified atom stereocenters. The zero-order chi connectivity index (χ0) is 15.1. The minimum Gasteiger partial charge on any atom is -0.497 e. The number of nitrogens with one attached hydrogen (secondary N) is 1. The quantitative estimate of drug-likeness (QED) is 0.834. The first-order chi connectivity index (χ1) is 10.2. The van der Waals surface area contributed by atoms with Crippen LogP contribution in [0.1, 0.15) is 38.7 Å². The Labute approximate surface area is 129 Å². The van der Waals surface area contributed by atoms with Crippen molar-refractivity contribution < 1.29 is 4.74 Å². The largest absolute Gasteiger partial charge is 0.497 e. The molecule has 1 saturated heterocycles. The van der Waals surface area contributed by atoms with Crippen LogP contribution >= 0.6 is 0 Å². The Morgan fingerprint density at radius 1 is 1.43 bits per heavy atom. The molecule has 2 atom stereocenters. The van der Waals surface area contributed by atoms with Crippen molar-refractivity contribution in [1.82, 2.24) is 10.2 Å². The van der Waals surface area contributed by atoms with Gasteiger partial charge in [0.1, 0.15) is 5.75 Å². The van der Waals surface area contributed by atoms with E-state index >= 15 is 0 Å². The number of piperidine rings is 1. The average Bonchev–Trinajstić information content (AvgIpc) is 2.53. The van der Waals surface area contributed by atoms with Crippen molar-refractivity contribution in [2.45, 2.75) is 45.7 Å². The van der Waals surface area contributed by atoms with Gasteiger partial charge in [0.25, 0.3) is 0 Å². The molecule has 1 fully saturated rings. The molecular weight excluding hydrogens is 260 g/mol. The Balaban J connectivity index is 1.81. The van der Waals surface area contributed by atoms with E-state index in [9.17, 15) is 0 Å². The van der Waals surface area contributed by atoms with E-state index in [4.69, 9.17) is 4.74 Å². The van der Waals surface area contributed by atoms with Gasteiger partial charge in [-0.3, -0.25) is 0 Å². The lowest BCUT2D eigenvalue weighted by Gasteiger charge is -2.36. The van der Waals surface area contributed by atoms with Gasteiger partial charge in [0.05, 0.1) is 7.11 Å². The Morgan fingerprint density at radius 2 is 2.29 bits per heavy atom. The molecule has 1 aromatic rings. The van der Waals surface area contributed by atoms with Gasteiger partial charge in [0.15, 0.2) is 0 Å². The van der Waals surface area contributed by atoms with Crippen LogP contribution in [0.15, 0.2) is 24.3 Å². The number of benzene rings is 1. The predicted octanol–water partition coefficient (Wildman–Crippen LogP) is 3.30. The molecule has 1 aliphatic rings. The maximum absolute atomic E-state index is 5.28. The number of rotatable bonds is 7. The number of ether oxygens (including phenoxy) is 1. The van der Waals surface area contributed by atoms with Gasteiger partial charge in [0.2, 0.25) is 0 Å². The van der Waals surface area contributed by atoms with Crippen LogP contribution in [0.3, 0.4) is 0 Å². The summed E-state index contributed by atoms with van der Waals surface area (Å²) in [6, 6.07) is 8.90. The Hall–Kier alpha value is -1.06. The number of methoxy groups -OCH3 is 1. The number of hydrogen-bond acceptors (Lipinski definition) is 3. The summed E-state index contributed by atoms with van der Waals surface area (Å²) in [7, 11) is 1.72. The fraction of sp³-hybridized carbons (Fsp3) is 0.667. The number of hydrogen-bond donors (Lipinski definition) is 1. The van der Waals surface area contributed by atoms with Crippen molar-refractivity contribution in [3.8, 4) is 5.75 Å². The number of likely N-dealkylation sites (tertiary alicyclic amines) is 1. The van der Waals surface area contributed by atoms with E-state index in [0.717, 1.165) is 18.2 Å². The zero-order valence-corrected chi connectivity index (χ0v) is 13.8. The average molecular weight is 290 g/mol. The van der Waals surface area contributed by atoms with E-state index in [1.165, 1.54) is 44.5 Å². The van der Waals surface area contributed by atoms with Gasteiger partial charge in [-0.15, -0.1) is 0 Å². The first kappa shape index (κ1) is 16.3. The summed E-state index contributed by atoms with van der Waals surface area (Å²) in [5.41, 5.74) is 1.29. The molecular formula is C18H30N2O. The maximum Gasteiger partial charge on any atom is 0.119 e. The van der Waals surface area contributed by atoms with Crippen LogP contribution in [0.5, 0.6) is 5.75 Å². The lowest BCUT2D eigenvalue weighted by Crippen LogP contribution is -2.44. The second-order valence-electron chi connectivity index (χ2n) is 6.22. The molecule has 0 radical (unpaired) electrons. The summed E-state index contributed by atoms with van der Waals surface area (Å²) in [6.45, 7) is 9.31. The molecule has 0 spiro atoms. The van der Waals surface area contributed by atoms with Gasteiger partial charge in [-0.05, 0) is 62.9 Å². The summed E-state index contributed by atoms with van der Waals surface area (Å²) in [5, 5.41) is 3.70. The molecule has 21 heavy (non-hydrogen) atoms. The van der Waals surface area contributed by atoms with E-state index in [2.05, 4.69) is 42.3 Å². The van der Waals surface area contributed by atoms with Crippen LogP contribution < -0.4 is 10.1 Å². The molecule has 1 aromatic carbocycles. The normalized spacial score (nSPS) is 21.2. The van der Waals surface area contributed by atoms with Crippen molar-refractivity contribution in [3.05, 3.63) is 29.8 Å². The zero-order valence-electron chi connectivity index (χ0n) is 13.8. The van der Waals surface area contributed by atoms with E-state index in [1.807, 2.05) is 6.07 Å². The lowest BCUT2D eigenvalue weighted by atomic mass is 9.91. The third-order valence-electron chi connectivity index (χ3n) is 4.55. The molecule has 2 rings (SSSR count). The molecule has 1 N–H and O–H groups in total. The second kappa shape index (κ2) is 8.40. The van der Waals surface area contributed by atoms with Crippen LogP contribution in [-0.2, 0) is 6.54 Å². The first-order valence-electron chi connectivity index (χ1n) is 8.31. The first-order valence-corrected chi connectivity index (χ1v) is 8.31. The SMILES string of the molecule is CCCN1CCCC(C(C)NCc2cccc(OC)c2)C1. The third kappa shape index (κ3) is 5.01. The molecule has 1 aliphatic heterocycles. The monoisotopic (exact) mass is 290 g/mol. The number of nitrogens with zero attached hydrogens (tertiary/aromatic N) is 1. The Kier molecular flexibility index (Phi) is 6.52. The van der Waals surface area contributed by atoms with Crippen molar-refractivity contribution >= 4 is 0 Å². The van der Waals surface area contributed by atoms with Crippen molar-refractivity contribution in [2.24, 2.45) is 5.92 Å². The van der Waals surface area contributed by atoms with Gasteiger partial charge >= 0.3 is 0 Å². The lowest BCUT2D eigenvalue weighted by molar-refractivity contribution is 0.150. The summed E-state index contributed by atoms with van der Waals surface area (Å²) in [4.78, 5) is 2.62. The highest BCUT2D eigenvalue weighted by molar-refractivity contribution is 5.28. The fourth-order valence-electron chi connectivity index (χ4n) is 3.25. The molecule has 3 nitrogen and oxygen atoms in total. The van der Waals surface area contributed by atoms with Crippen molar-refractivity contribution in [2.75, 3.05) is 26.7 Å². The minimum atomic E-state index is 0.566. The summed E-state index contributed by atoms with van der Waals surface area (Å²) in [5.74, 6) is 1.71. The van der Waals surface area contributed by atoms with Crippen LogP contribution in [0.2, 0.25) is 0 Å². The van der Waals surface area contributed by atoms with Gasteiger partial charge in [-0.1, -0.05) is 19.1 Å². The summed E-state index contributed by atoms with van der Waals surface area (Å²) < 4.78 is 5.28. The molecule has 0 amide bonds. The van der Waals surface area contributed by atoms with Crippen LogP contribution in [0.4, 0.5) is 0 Å². The highest BCUT2D eigenvalue weighted by atomic mass is 16.5. The standard InChI is InChI=1S/C18H30N2O/c1-4-10-20-11-6-8-17(14-20)15(2)19-13-16-7-5-9-18(12-16)21-3/h5,7,9,12,15,17,19H,4,6,8,10-11,13-14H2,1-3H3. The molecule has 0 saturated carbocycles. The van der Waals surface area contributed by atoms with Crippen LogP contribution in [0, 0.1) is 5.92 Å². The fourth-order valence-corrected chi connectivity index (χ4v) is 3.25. The Bertz CT molecular complexity index is 419. The molecule has 3 heteroatoms. The van der Waals surface area contributed by atoms with E-state index in [1.54, 1.807) is 7.11 Å². The second-order valence-corrected chi connectivity index (χ2v) is 6.22. The van der Waals surface area contributed by atoms with Crippen LogP contribution in [-0.4, -0.2) is 37.7 Å². The van der Waals surface area contributed by atoms with Gasteiger partial charge in [-0.25, -0.2) is 0 Å². The topological polar surface area (TPSA) is 24.5 Å². The third-order valence-corrected chi connectivity index (χ3v) is 4.55. The smallest absolute Gasteiger partial charge is 0.119 e. The van der Waals surface area contributed by atoms with Crippen LogP contribution in [0.25, 0.3) is 0 Å². The van der Waals surface area contributed by atoms with Gasteiger partial charge in [0, 0.05) is 19.1 Å². The van der Waals surface area contributed by atoms with E-state index in [0.29, 0.717) is 6.04 Å². The molecule has 1 heterocycles. The molecule has 0 bridgehead atoms. The summed E-state index contributed by atoms with van der Waals surface area (Å²) >= 11 is 0. The predicted molar refractivity (Wildman–Crippen MR) is 88.8 cm³/mol. The highest BCUT2D eigenvalue weighted by Gasteiger charge is 2.23. The molecule has 0 aromatic heterocycles. The van der Waals surface area contributed by atoms with Gasteiger partial charge < -0.3 is 15.0 Å². The van der Waals surface area contributed by atoms with Gasteiger partial charge in [-0.2, -0.15) is 0 Å². The summed E-state index contributed by atoms with van der Waals surface area (Å²) in [6.07, 6.45) is 3.96. The molecule has 118 valence electrons. The minimum absolute atomic E-state index is 0.566. The maximum atomic E-state index is 5.28. The van der Waals surface area contributed by atoms with E-state index in [-0.39, 0.29) is 0 Å².